The van der Waals surface area contributed by atoms with Crippen molar-refractivity contribution in [3.05, 3.63) is 53.9 Å². The predicted molar refractivity (Wildman–Crippen MR) is 95.7 cm³/mol. The molecule has 3 nitrogen and oxygen atoms in total. The first-order chi connectivity index (χ1) is 12.4. The summed E-state index contributed by atoms with van der Waals surface area (Å²) in [7, 11) is 0. The highest BCUT2D eigenvalue weighted by atomic mass is 19.4. The first kappa shape index (κ1) is 19.0. The molecule has 1 heterocycles. The second-order valence-corrected chi connectivity index (χ2v) is 7.10. The highest BCUT2D eigenvalue weighted by molar-refractivity contribution is 5.28. The lowest BCUT2D eigenvalue weighted by Crippen LogP contribution is -2.30. The number of unbranched alkanes of at least 4 members (excludes halogenated alkanes) is 2. The van der Waals surface area contributed by atoms with Crippen LogP contribution in [0.1, 0.15) is 56.2 Å². The van der Waals surface area contributed by atoms with Crippen molar-refractivity contribution < 1.29 is 13.2 Å². The lowest BCUT2D eigenvalue weighted by molar-refractivity contribution is -0.137. The third-order valence-electron chi connectivity index (χ3n) is 5.07. The van der Waals surface area contributed by atoms with Crippen molar-refractivity contribution in [1.29, 1.82) is 0 Å². The molecule has 6 heteroatoms. The van der Waals surface area contributed by atoms with E-state index in [-0.39, 0.29) is 6.04 Å². The van der Waals surface area contributed by atoms with E-state index in [4.69, 9.17) is 0 Å². The van der Waals surface area contributed by atoms with E-state index in [0.29, 0.717) is 6.04 Å². The number of hydrogen-bond donors (Lipinski definition) is 0. The van der Waals surface area contributed by atoms with Crippen LogP contribution < -0.4 is 0 Å². The van der Waals surface area contributed by atoms with Gasteiger partial charge in [0.1, 0.15) is 0 Å². The van der Waals surface area contributed by atoms with E-state index in [0.717, 1.165) is 56.8 Å². The molecule has 0 radical (unpaired) electrons. The molecule has 1 aliphatic carbocycles. The number of aryl methyl sites for hydroxylation is 1. The summed E-state index contributed by atoms with van der Waals surface area (Å²) in [6, 6.07) is 8.23. The zero-order chi connectivity index (χ0) is 18.6. The van der Waals surface area contributed by atoms with Crippen LogP contribution in [0, 0.1) is 0 Å². The third-order valence-corrected chi connectivity index (χ3v) is 5.07. The van der Waals surface area contributed by atoms with Crippen molar-refractivity contribution in [2.24, 2.45) is 0 Å². The van der Waals surface area contributed by atoms with Crippen LogP contribution in [-0.4, -0.2) is 27.3 Å². The Bertz CT molecular complexity index is 678. The maximum Gasteiger partial charge on any atom is 0.416 e. The molecule has 0 N–H and O–H groups in total. The maximum absolute atomic E-state index is 13.0. The van der Waals surface area contributed by atoms with Crippen molar-refractivity contribution in [2.45, 2.75) is 63.8 Å². The first-order valence-electron chi connectivity index (χ1n) is 9.35. The SMILES string of the molecule is CC(c1cccc(C(F)(F)F)c1)N(CCCCCn1cccn1)C1CC1. The highest BCUT2D eigenvalue weighted by Gasteiger charge is 2.34. The third kappa shape index (κ3) is 5.10. The number of hydrogen-bond acceptors (Lipinski definition) is 2. The van der Waals surface area contributed by atoms with Crippen molar-refractivity contribution in [3.8, 4) is 0 Å². The summed E-state index contributed by atoms with van der Waals surface area (Å²) >= 11 is 0. The minimum Gasteiger partial charge on any atom is -0.294 e. The monoisotopic (exact) mass is 365 g/mol. The molecule has 0 bridgehead atoms. The number of aromatic nitrogens is 2. The fraction of sp³-hybridized carbons (Fsp3) is 0.550. The highest BCUT2D eigenvalue weighted by Crippen LogP contribution is 2.36. The Kier molecular flexibility index (Phi) is 6.01. The summed E-state index contributed by atoms with van der Waals surface area (Å²) in [6.07, 6.45) is 4.98. The Morgan fingerprint density at radius 3 is 2.65 bits per heavy atom. The molecule has 3 rings (SSSR count). The van der Waals surface area contributed by atoms with Crippen molar-refractivity contribution in [1.82, 2.24) is 14.7 Å². The van der Waals surface area contributed by atoms with E-state index in [1.165, 1.54) is 12.1 Å². The van der Waals surface area contributed by atoms with Gasteiger partial charge in [-0.15, -0.1) is 0 Å². The molecule has 1 unspecified atom stereocenters. The normalized spacial score (nSPS) is 16.2. The van der Waals surface area contributed by atoms with E-state index < -0.39 is 11.7 Å². The smallest absolute Gasteiger partial charge is 0.294 e. The average Bonchev–Trinajstić information content (AvgIpc) is 3.32. The minimum absolute atomic E-state index is 0.0101. The molecule has 1 aromatic carbocycles. The number of alkyl halides is 3. The van der Waals surface area contributed by atoms with Crippen LogP contribution in [0.3, 0.4) is 0 Å². The Hall–Kier alpha value is -1.82. The van der Waals surface area contributed by atoms with E-state index in [9.17, 15) is 13.2 Å². The average molecular weight is 365 g/mol. The number of halogens is 3. The quantitative estimate of drug-likeness (QED) is 0.563. The van der Waals surface area contributed by atoms with Gasteiger partial charge in [0, 0.05) is 31.0 Å². The fourth-order valence-corrected chi connectivity index (χ4v) is 3.44. The minimum atomic E-state index is -4.29. The fourth-order valence-electron chi connectivity index (χ4n) is 3.44. The van der Waals surface area contributed by atoms with Gasteiger partial charge in [-0.05, 0) is 62.9 Å². The Labute approximate surface area is 152 Å². The molecule has 26 heavy (non-hydrogen) atoms. The second kappa shape index (κ2) is 8.25. The zero-order valence-corrected chi connectivity index (χ0v) is 15.1. The maximum atomic E-state index is 13.0. The van der Waals surface area contributed by atoms with E-state index in [1.54, 1.807) is 6.20 Å². The Morgan fingerprint density at radius 2 is 2.00 bits per heavy atom. The summed E-state index contributed by atoms with van der Waals surface area (Å²) in [6.45, 7) is 3.87. The topological polar surface area (TPSA) is 21.1 Å². The van der Waals surface area contributed by atoms with Gasteiger partial charge >= 0.3 is 6.18 Å². The van der Waals surface area contributed by atoms with Crippen molar-refractivity contribution in [2.75, 3.05) is 6.54 Å². The van der Waals surface area contributed by atoms with Gasteiger partial charge in [0.15, 0.2) is 0 Å². The van der Waals surface area contributed by atoms with E-state index in [2.05, 4.69) is 10.00 Å². The van der Waals surface area contributed by atoms with Crippen LogP contribution in [0.5, 0.6) is 0 Å². The molecule has 0 saturated heterocycles. The number of rotatable bonds is 9. The standard InChI is InChI=1S/C20H26F3N3/c1-16(17-7-5-8-18(15-17)20(21,22)23)26(19-9-10-19)14-4-2-3-12-25-13-6-11-24-25/h5-8,11,13,15-16,19H,2-4,9-10,12,14H2,1H3. The summed E-state index contributed by atoms with van der Waals surface area (Å²) in [5, 5.41) is 4.20. The molecule has 0 amide bonds. The number of nitrogens with zero attached hydrogens (tertiary/aromatic N) is 3. The van der Waals surface area contributed by atoms with Gasteiger partial charge in [-0.2, -0.15) is 18.3 Å². The summed E-state index contributed by atoms with van der Waals surface area (Å²) < 4.78 is 40.9. The van der Waals surface area contributed by atoms with Crippen LogP contribution >= 0.6 is 0 Å². The van der Waals surface area contributed by atoms with Gasteiger partial charge in [0.05, 0.1) is 5.56 Å². The second-order valence-electron chi connectivity index (χ2n) is 7.10. The summed E-state index contributed by atoms with van der Waals surface area (Å²) in [5.41, 5.74) is 0.195. The molecule has 1 aromatic heterocycles. The molecule has 142 valence electrons. The molecule has 0 spiro atoms. The Balaban J connectivity index is 1.54. The molecule has 1 saturated carbocycles. The Morgan fingerprint density at radius 1 is 1.19 bits per heavy atom. The number of benzene rings is 1. The zero-order valence-electron chi connectivity index (χ0n) is 15.1. The van der Waals surface area contributed by atoms with Crippen molar-refractivity contribution >= 4 is 0 Å². The molecule has 1 fully saturated rings. The van der Waals surface area contributed by atoms with Crippen molar-refractivity contribution in [3.63, 3.8) is 0 Å². The largest absolute Gasteiger partial charge is 0.416 e. The lowest BCUT2D eigenvalue weighted by atomic mass is 10.0. The van der Waals surface area contributed by atoms with Gasteiger partial charge < -0.3 is 0 Å². The molecule has 0 aliphatic heterocycles. The van der Waals surface area contributed by atoms with Crippen LogP contribution in [0.2, 0.25) is 0 Å². The molecule has 2 aromatic rings. The van der Waals surface area contributed by atoms with Gasteiger partial charge in [-0.25, -0.2) is 0 Å². The molecular formula is C20H26F3N3. The summed E-state index contributed by atoms with van der Waals surface area (Å²) in [4.78, 5) is 2.38. The van der Waals surface area contributed by atoms with Gasteiger partial charge in [0.25, 0.3) is 0 Å². The molecule has 1 aliphatic rings. The van der Waals surface area contributed by atoms with Gasteiger partial charge in [-0.1, -0.05) is 18.6 Å². The van der Waals surface area contributed by atoms with Crippen LogP contribution in [0.25, 0.3) is 0 Å². The van der Waals surface area contributed by atoms with E-state index >= 15 is 0 Å². The van der Waals surface area contributed by atoms with Crippen LogP contribution in [0.15, 0.2) is 42.7 Å². The van der Waals surface area contributed by atoms with Crippen LogP contribution in [-0.2, 0) is 12.7 Å². The van der Waals surface area contributed by atoms with E-state index in [1.807, 2.05) is 29.9 Å². The summed E-state index contributed by atoms with van der Waals surface area (Å²) in [5.74, 6) is 0. The first-order valence-corrected chi connectivity index (χ1v) is 9.35. The predicted octanol–water partition coefficient (Wildman–Crippen LogP) is 5.30. The van der Waals surface area contributed by atoms with Gasteiger partial charge in [-0.3, -0.25) is 9.58 Å². The molecular weight excluding hydrogens is 339 g/mol. The van der Waals surface area contributed by atoms with Gasteiger partial charge in [0.2, 0.25) is 0 Å². The van der Waals surface area contributed by atoms with Crippen LogP contribution in [0.4, 0.5) is 13.2 Å². The lowest BCUT2D eigenvalue weighted by Gasteiger charge is -2.30. The molecule has 1 atom stereocenters.